The van der Waals surface area contributed by atoms with Gasteiger partial charge in [0, 0.05) is 13.1 Å². The first kappa shape index (κ1) is 16.4. The fourth-order valence-corrected chi connectivity index (χ4v) is 2.99. The Labute approximate surface area is 141 Å². The SMILES string of the molecule is CN(Cc1ccccc1)C[C@H](O)CN1C(=O)c2ccccc2C1=O. The van der Waals surface area contributed by atoms with Crippen LogP contribution in [0.25, 0.3) is 0 Å². The molecule has 5 nitrogen and oxygen atoms in total. The number of nitrogens with zero attached hydrogens (tertiary/aromatic N) is 2. The van der Waals surface area contributed by atoms with Gasteiger partial charge < -0.3 is 5.11 Å². The van der Waals surface area contributed by atoms with Crippen LogP contribution in [0.3, 0.4) is 0 Å². The van der Waals surface area contributed by atoms with Crippen molar-refractivity contribution in [3.05, 3.63) is 71.3 Å². The highest BCUT2D eigenvalue weighted by molar-refractivity contribution is 6.21. The quantitative estimate of drug-likeness (QED) is 0.823. The lowest BCUT2D eigenvalue weighted by Crippen LogP contribution is -2.41. The maximum Gasteiger partial charge on any atom is 0.261 e. The molecule has 0 bridgehead atoms. The molecule has 0 spiro atoms. The summed E-state index contributed by atoms with van der Waals surface area (Å²) in [4.78, 5) is 27.7. The van der Waals surface area contributed by atoms with Crippen molar-refractivity contribution in [2.75, 3.05) is 20.1 Å². The van der Waals surface area contributed by atoms with Crippen molar-refractivity contribution in [1.29, 1.82) is 0 Å². The second-order valence-electron chi connectivity index (χ2n) is 6.10. The van der Waals surface area contributed by atoms with Crippen LogP contribution in [0.15, 0.2) is 54.6 Å². The van der Waals surface area contributed by atoms with E-state index >= 15 is 0 Å². The predicted molar refractivity (Wildman–Crippen MR) is 90.6 cm³/mol. The molecule has 3 rings (SSSR count). The van der Waals surface area contributed by atoms with Crippen LogP contribution in [0.2, 0.25) is 0 Å². The minimum Gasteiger partial charge on any atom is -0.390 e. The van der Waals surface area contributed by atoms with Gasteiger partial charge in [-0.15, -0.1) is 0 Å². The van der Waals surface area contributed by atoms with E-state index in [1.807, 2.05) is 42.3 Å². The van der Waals surface area contributed by atoms with Gasteiger partial charge in [0.05, 0.1) is 23.8 Å². The van der Waals surface area contributed by atoms with Gasteiger partial charge in [0.1, 0.15) is 0 Å². The van der Waals surface area contributed by atoms with Crippen molar-refractivity contribution in [2.24, 2.45) is 0 Å². The first-order valence-corrected chi connectivity index (χ1v) is 7.92. The molecule has 124 valence electrons. The van der Waals surface area contributed by atoms with Gasteiger partial charge in [-0.1, -0.05) is 42.5 Å². The molecule has 1 aliphatic rings. The zero-order valence-corrected chi connectivity index (χ0v) is 13.6. The Hall–Kier alpha value is -2.50. The van der Waals surface area contributed by atoms with Crippen LogP contribution in [0.4, 0.5) is 0 Å². The summed E-state index contributed by atoms with van der Waals surface area (Å²) in [5, 5.41) is 10.3. The number of aliphatic hydroxyl groups is 1. The molecule has 1 N–H and O–H groups in total. The van der Waals surface area contributed by atoms with E-state index in [4.69, 9.17) is 0 Å². The molecule has 0 saturated carbocycles. The Kier molecular flexibility index (Phi) is 4.74. The van der Waals surface area contributed by atoms with E-state index in [2.05, 4.69) is 0 Å². The fourth-order valence-electron chi connectivity index (χ4n) is 2.99. The van der Waals surface area contributed by atoms with Crippen molar-refractivity contribution in [3.8, 4) is 0 Å². The van der Waals surface area contributed by atoms with Crippen molar-refractivity contribution in [1.82, 2.24) is 9.80 Å². The van der Waals surface area contributed by atoms with E-state index in [9.17, 15) is 14.7 Å². The largest absolute Gasteiger partial charge is 0.390 e. The lowest BCUT2D eigenvalue weighted by atomic mass is 10.1. The third-order valence-corrected chi connectivity index (χ3v) is 4.09. The summed E-state index contributed by atoms with van der Waals surface area (Å²) in [5.41, 5.74) is 1.97. The van der Waals surface area contributed by atoms with Gasteiger partial charge in [-0.3, -0.25) is 19.4 Å². The van der Waals surface area contributed by atoms with E-state index in [-0.39, 0.29) is 18.4 Å². The summed E-state index contributed by atoms with van der Waals surface area (Å²) in [5.74, 6) is -0.666. The average Bonchev–Trinajstić information content (AvgIpc) is 2.81. The number of rotatable bonds is 6. The van der Waals surface area contributed by atoms with E-state index < -0.39 is 6.10 Å². The number of imide groups is 1. The second kappa shape index (κ2) is 6.95. The Morgan fingerprint density at radius 2 is 1.50 bits per heavy atom. The summed E-state index contributed by atoms with van der Waals surface area (Å²) in [6.07, 6.45) is -0.791. The summed E-state index contributed by atoms with van der Waals surface area (Å²) >= 11 is 0. The molecule has 5 heteroatoms. The molecule has 0 unspecified atom stereocenters. The lowest BCUT2D eigenvalue weighted by molar-refractivity contribution is 0.0488. The van der Waals surface area contributed by atoms with Crippen LogP contribution in [0, 0.1) is 0 Å². The summed E-state index contributed by atoms with van der Waals surface area (Å²) < 4.78 is 0. The predicted octanol–water partition coefficient (Wildman–Crippen LogP) is 1.78. The lowest BCUT2D eigenvalue weighted by Gasteiger charge is -2.23. The molecular weight excluding hydrogens is 304 g/mol. The van der Waals surface area contributed by atoms with Crippen LogP contribution in [-0.2, 0) is 6.54 Å². The fraction of sp³-hybridized carbons (Fsp3) is 0.263. The number of fused-ring (bicyclic) bond motifs is 1. The minimum absolute atomic E-state index is 0.00543. The number of carbonyl (C=O) groups excluding carboxylic acids is 2. The summed E-state index contributed by atoms with van der Waals surface area (Å²) in [7, 11) is 1.90. The third-order valence-electron chi connectivity index (χ3n) is 4.09. The van der Waals surface area contributed by atoms with E-state index in [1.54, 1.807) is 24.3 Å². The average molecular weight is 324 g/mol. The van der Waals surface area contributed by atoms with Gasteiger partial charge in [0.15, 0.2) is 0 Å². The Balaban J connectivity index is 1.58. The van der Waals surface area contributed by atoms with Crippen LogP contribution < -0.4 is 0 Å². The Bertz CT molecular complexity index is 710. The molecule has 2 aromatic rings. The molecule has 0 radical (unpaired) electrons. The molecule has 2 amide bonds. The van der Waals surface area contributed by atoms with Gasteiger partial charge in [-0.2, -0.15) is 0 Å². The highest BCUT2D eigenvalue weighted by atomic mass is 16.3. The Morgan fingerprint density at radius 1 is 0.958 bits per heavy atom. The molecular formula is C19H20N2O3. The molecule has 1 atom stereocenters. The monoisotopic (exact) mass is 324 g/mol. The van der Waals surface area contributed by atoms with E-state index in [0.717, 1.165) is 10.5 Å². The summed E-state index contributed by atoms with van der Waals surface area (Å²) in [6.45, 7) is 1.08. The zero-order valence-electron chi connectivity index (χ0n) is 13.6. The number of amides is 2. The number of hydrogen-bond donors (Lipinski definition) is 1. The Morgan fingerprint density at radius 3 is 2.08 bits per heavy atom. The van der Waals surface area contributed by atoms with Crippen LogP contribution >= 0.6 is 0 Å². The van der Waals surface area contributed by atoms with Crippen molar-refractivity contribution < 1.29 is 14.7 Å². The normalized spacial score (nSPS) is 15.0. The second-order valence-corrected chi connectivity index (χ2v) is 6.10. The maximum absolute atomic E-state index is 12.3. The van der Waals surface area contributed by atoms with Gasteiger partial charge in [-0.25, -0.2) is 0 Å². The minimum atomic E-state index is -0.791. The topological polar surface area (TPSA) is 60.9 Å². The number of benzene rings is 2. The maximum atomic E-state index is 12.3. The van der Waals surface area contributed by atoms with Crippen molar-refractivity contribution in [2.45, 2.75) is 12.6 Å². The molecule has 1 heterocycles. The number of likely N-dealkylation sites (N-methyl/N-ethyl adjacent to an activating group) is 1. The highest BCUT2D eigenvalue weighted by Crippen LogP contribution is 2.22. The summed E-state index contributed by atoms with van der Waals surface area (Å²) in [6, 6.07) is 16.7. The van der Waals surface area contributed by atoms with Crippen LogP contribution in [0.5, 0.6) is 0 Å². The van der Waals surface area contributed by atoms with Gasteiger partial charge >= 0.3 is 0 Å². The smallest absolute Gasteiger partial charge is 0.261 e. The number of carbonyl (C=O) groups is 2. The highest BCUT2D eigenvalue weighted by Gasteiger charge is 2.36. The molecule has 0 fully saturated rings. The molecule has 2 aromatic carbocycles. The van der Waals surface area contributed by atoms with Crippen LogP contribution in [-0.4, -0.2) is 53.0 Å². The standard InChI is InChI=1S/C19H20N2O3/c1-20(11-14-7-3-2-4-8-14)12-15(22)13-21-18(23)16-9-5-6-10-17(16)19(21)24/h2-10,15,22H,11-13H2,1H3/t15-/m0/s1. The van der Waals surface area contributed by atoms with Gasteiger partial charge in [-0.05, 0) is 24.7 Å². The molecule has 0 saturated heterocycles. The molecule has 24 heavy (non-hydrogen) atoms. The van der Waals surface area contributed by atoms with E-state index in [1.165, 1.54) is 0 Å². The molecule has 0 aliphatic carbocycles. The van der Waals surface area contributed by atoms with Gasteiger partial charge in [0.25, 0.3) is 11.8 Å². The molecule has 1 aliphatic heterocycles. The van der Waals surface area contributed by atoms with Gasteiger partial charge in [0.2, 0.25) is 0 Å². The third kappa shape index (κ3) is 3.37. The first-order chi connectivity index (χ1) is 11.6. The van der Waals surface area contributed by atoms with Crippen molar-refractivity contribution in [3.63, 3.8) is 0 Å². The first-order valence-electron chi connectivity index (χ1n) is 7.92. The number of aliphatic hydroxyl groups excluding tert-OH is 1. The zero-order chi connectivity index (χ0) is 17.1. The molecule has 0 aromatic heterocycles. The number of β-amino-alcohol motifs (C(OH)–C–C–N with tert-alkyl or cyclic N) is 1. The van der Waals surface area contributed by atoms with Crippen molar-refractivity contribution >= 4 is 11.8 Å². The number of hydrogen-bond acceptors (Lipinski definition) is 4. The van der Waals surface area contributed by atoms with Crippen LogP contribution in [0.1, 0.15) is 26.3 Å². The van der Waals surface area contributed by atoms with E-state index in [0.29, 0.717) is 24.2 Å².